The molecule has 7 nitrogen and oxygen atoms in total. The molecule has 10 heteroatoms. The lowest BCUT2D eigenvalue weighted by atomic mass is 10.1. The van der Waals surface area contributed by atoms with E-state index in [0.717, 1.165) is 18.3 Å². The van der Waals surface area contributed by atoms with Crippen LogP contribution in [0.4, 0.5) is 18.9 Å². The van der Waals surface area contributed by atoms with E-state index in [4.69, 9.17) is 0 Å². The summed E-state index contributed by atoms with van der Waals surface area (Å²) in [6.45, 7) is 0. The second-order valence-electron chi connectivity index (χ2n) is 4.78. The Bertz CT molecular complexity index is 850. The second kappa shape index (κ2) is 6.99. The summed E-state index contributed by atoms with van der Waals surface area (Å²) in [6.07, 6.45) is -3.76. The number of halogens is 3. The van der Waals surface area contributed by atoms with Gasteiger partial charge in [0.2, 0.25) is 0 Å². The number of phenols is 1. The summed E-state index contributed by atoms with van der Waals surface area (Å²) < 4.78 is 37.9. The van der Waals surface area contributed by atoms with Gasteiger partial charge in [0.25, 0.3) is 11.6 Å². The number of non-ortho nitro benzene ring substituents is 1. The van der Waals surface area contributed by atoms with Gasteiger partial charge < -0.3 is 5.11 Å². The highest BCUT2D eigenvalue weighted by Crippen LogP contribution is 2.31. The summed E-state index contributed by atoms with van der Waals surface area (Å²) in [7, 11) is 0. The van der Waals surface area contributed by atoms with Crippen LogP contribution in [-0.4, -0.2) is 22.2 Å². The maximum atomic E-state index is 12.6. The van der Waals surface area contributed by atoms with Gasteiger partial charge in [-0.2, -0.15) is 18.3 Å². The molecule has 0 radical (unpaired) electrons. The molecule has 2 N–H and O–H groups in total. The number of rotatable bonds is 4. The quantitative estimate of drug-likeness (QED) is 0.500. The average molecular weight is 353 g/mol. The second-order valence-corrected chi connectivity index (χ2v) is 4.78. The van der Waals surface area contributed by atoms with E-state index in [1.54, 1.807) is 0 Å². The number of hydrogen-bond donors (Lipinski definition) is 2. The number of hydrazone groups is 1. The number of hydrogen-bond acceptors (Lipinski definition) is 5. The predicted molar refractivity (Wildman–Crippen MR) is 81.3 cm³/mol. The molecule has 0 saturated carbocycles. The largest absolute Gasteiger partial charge is 0.507 e. The predicted octanol–water partition coefficient (Wildman–Crippen LogP) is 3.08. The van der Waals surface area contributed by atoms with E-state index in [-0.39, 0.29) is 16.8 Å². The fraction of sp³-hybridized carbons (Fsp3) is 0.0667. The molecule has 2 rings (SSSR count). The van der Waals surface area contributed by atoms with Crippen LogP contribution < -0.4 is 5.43 Å². The molecule has 0 saturated heterocycles. The van der Waals surface area contributed by atoms with Crippen molar-refractivity contribution in [3.05, 3.63) is 69.3 Å². The highest BCUT2D eigenvalue weighted by Gasteiger charge is 2.30. The molecular formula is C15H10F3N3O4. The first-order chi connectivity index (χ1) is 11.7. The smallest absolute Gasteiger partial charge is 0.416 e. The molecule has 0 fully saturated rings. The third-order valence-corrected chi connectivity index (χ3v) is 3.04. The van der Waals surface area contributed by atoms with Crippen LogP contribution in [0.15, 0.2) is 47.6 Å². The van der Waals surface area contributed by atoms with Crippen molar-refractivity contribution in [2.75, 3.05) is 0 Å². The number of nitro benzene ring substituents is 1. The molecule has 130 valence electrons. The van der Waals surface area contributed by atoms with Gasteiger partial charge in [-0.05, 0) is 24.3 Å². The van der Waals surface area contributed by atoms with E-state index in [9.17, 15) is 33.2 Å². The first-order valence-corrected chi connectivity index (χ1v) is 6.66. The average Bonchev–Trinajstić information content (AvgIpc) is 2.55. The number of nitrogens with zero attached hydrogens (tertiary/aromatic N) is 2. The Balaban J connectivity index is 2.14. The van der Waals surface area contributed by atoms with Gasteiger partial charge >= 0.3 is 6.18 Å². The zero-order valence-electron chi connectivity index (χ0n) is 12.3. The maximum absolute atomic E-state index is 12.6. The number of phenolic OH excluding ortho intramolecular Hbond substituents is 1. The number of amides is 1. The number of nitrogens with one attached hydrogen (secondary N) is 1. The molecule has 1 amide bonds. The Morgan fingerprint density at radius 3 is 2.60 bits per heavy atom. The van der Waals surface area contributed by atoms with Crippen LogP contribution in [-0.2, 0) is 6.18 Å². The van der Waals surface area contributed by atoms with Crippen LogP contribution in [0, 0.1) is 10.1 Å². The molecule has 0 spiro atoms. The Labute approximate surface area is 138 Å². The lowest BCUT2D eigenvalue weighted by Crippen LogP contribution is -2.17. The van der Waals surface area contributed by atoms with Gasteiger partial charge in [-0.3, -0.25) is 14.9 Å². The van der Waals surface area contributed by atoms with E-state index in [2.05, 4.69) is 5.10 Å². The minimum absolute atomic E-state index is 0.0559. The summed E-state index contributed by atoms with van der Waals surface area (Å²) in [6, 6.07) is 7.04. The minimum Gasteiger partial charge on any atom is -0.507 e. The Morgan fingerprint density at radius 1 is 1.24 bits per heavy atom. The first-order valence-electron chi connectivity index (χ1n) is 6.66. The van der Waals surface area contributed by atoms with E-state index in [1.807, 2.05) is 5.43 Å². The van der Waals surface area contributed by atoms with Crippen molar-refractivity contribution in [1.82, 2.24) is 5.43 Å². The van der Waals surface area contributed by atoms with Crippen molar-refractivity contribution in [2.45, 2.75) is 6.18 Å². The van der Waals surface area contributed by atoms with Gasteiger partial charge in [0, 0.05) is 23.3 Å². The van der Waals surface area contributed by atoms with Crippen LogP contribution in [0.5, 0.6) is 5.75 Å². The number of alkyl halides is 3. The Kier molecular flexibility index (Phi) is 5.01. The fourth-order valence-electron chi connectivity index (χ4n) is 1.82. The molecule has 0 heterocycles. The standard InChI is InChI=1S/C15H10F3N3O4/c16-15(17,18)11-4-5-13(22)10(6-11)8-19-20-14(23)9-2-1-3-12(7-9)21(24)25/h1-8,22H,(H,20,23)/b19-8+. The Hall–Kier alpha value is -3.43. The zero-order valence-corrected chi connectivity index (χ0v) is 12.3. The molecule has 2 aromatic rings. The first kappa shape index (κ1) is 17.9. The van der Waals surface area contributed by atoms with E-state index < -0.39 is 28.3 Å². The number of nitro groups is 1. The van der Waals surface area contributed by atoms with Gasteiger partial charge in [0.1, 0.15) is 5.75 Å². The summed E-state index contributed by atoms with van der Waals surface area (Å²) in [5.74, 6) is -1.26. The minimum atomic E-state index is -4.59. The molecule has 0 aliphatic carbocycles. The van der Waals surface area contributed by atoms with Crippen molar-refractivity contribution < 1.29 is 28.0 Å². The topological polar surface area (TPSA) is 105 Å². The summed E-state index contributed by atoms with van der Waals surface area (Å²) in [4.78, 5) is 21.8. The van der Waals surface area contributed by atoms with Crippen LogP contribution in [0.2, 0.25) is 0 Å². The summed E-state index contributed by atoms with van der Waals surface area (Å²) >= 11 is 0. The number of aromatic hydroxyl groups is 1. The lowest BCUT2D eigenvalue weighted by molar-refractivity contribution is -0.384. The van der Waals surface area contributed by atoms with Gasteiger partial charge in [0.15, 0.2) is 0 Å². The lowest BCUT2D eigenvalue weighted by Gasteiger charge is -2.08. The number of carbonyl (C=O) groups is 1. The van der Waals surface area contributed by atoms with Crippen LogP contribution in [0.3, 0.4) is 0 Å². The molecule has 25 heavy (non-hydrogen) atoms. The van der Waals surface area contributed by atoms with Crippen LogP contribution >= 0.6 is 0 Å². The third kappa shape index (κ3) is 4.53. The fourth-order valence-corrected chi connectivity index (χ4v) is 1.82. The van der Waals surface area contributed by atoms with Crippen molar-refractivity contribution in [1.29, 1.82) is 0 Å². The van der Waals surface area contributed by atoms with Crippen molar-refractivity contribution in [3.8, 4) is 5.75 Å². The normalized spacial score (nSPS) is 11.5. The van der Waals surface area contributed by atoms with E-state index in [1.165, 1.54) is 18.2 Å². The van der Waals surface area contributed by atoms with Gasteiger partial charge in [-0.25, -0.2) is 5.43 Å². The summed E-state index contributed by atoms with van der Waals surface area (Å²) in [5.41, 5.74) is 0.415. The maximum Gasteiger partial charge on any atom is 0.416 e. The van der Waals surface area contributed by atoms with Crippen LogP contribution in [0.1, 0.15) is 21.5 Å². The molecule has 0 aromatic heterocycles. The molecule has 0 aliphatic rings. The van der Waals surface area contributed by atoms with E-state index in [0.29, 0.717) is 12.1 Å². The third-order valence-electron chi connectivity index (χ3n) is 3.04. The highest BCUT2D eigenvalue weighted by atomic mass is 19.4. The molecular weight excluding hydrogens is 343 g/mol. The molecule has 0 bridgehead atoms. The Morgan fingerprint density at radius 2 is 1.96 bits per heavy atom. The number of carbonyl (C=O) groups excluding carboxylic acids is 1. The van der Waals surface area contributed by atoms with Gasteiger partial charge in [-0.15, -0.1) is 0 Å². The van der Waals surface area contributed by atoms with Crippen molar-refractivity contribution in [2.24, 2.45) is 5.10 Å². The SMILES string of the molecule is O=C(N/N=C/c1cc(C(F)(F)F)ccc1O)c1cccc([N+](=O)[O-])c1. The van der Waals surface area contributed by atoms with Crippen LogP contribution in [0.25, 0.3) is 0 Å². The zero-order chi connectivity index (χ0) is 18.6. The highest BCUT2D eigenvalue weighted by molar-refractivity contribution is 5.95. The molecule has 0 atom stereocenters. The summed E-state index contributed by atoms with van der Waals surface area (Å²) in [5, 5.41) is 23.6. The molecule has 2 aromatic carbocycles. The van der Waals surface area contributed by atoms with Crippen molar-refractivity contribution in [3.63, 3.8) is 0 Å². The molecule has 0 unspecified atom stereocenters. The van der Waals surface area contributed by atoms with Gasteiger partial charge in [-0.1, -0.05) is 6.07 Å². The van der Waals surface area contributed by atoms with Crippen molar-refractivity contribution >= 4 is 17.8 Å². The van der Waals surface area contributed by atoms with Gasteiger partial charge in [0.05, 0.1) is 16.7 Å². The number of benzene rings is 2. The monoisotopic (exact) mass is 353 g/mol. The molecule has 0 aliphatic heterocycles. The van der Waals surface area contributed by atoms with E-state index >= 15 is 0 Å².